The highest BCUT2D eigenvalue weighted by atomic mass is 32.2. The molecule has 1 N–H and O–H groups in total. The number of carbonyl (C=O) groups excluding carboxylic acids is 1. The molecule has 0 radical (unpaired) electrons. The van der Waals surface area contributed by atoms with Gasteiger partial charge in [0.15, 0.2) is 5.16 Å². The van der Waals surface area contributed by atoms with Crippen LogP contribution in [-0.4, -0.2) is 33.2 Å². The predicted octanol–water partition coefficient (Wildman–Crippen LogP) is 3.53. The molecule has 0 aliphatic rings. The van der Waals surface area contributed by atoms with Gasteiger partial charge in [-0.25, -0.2) is 9.97 Å². The molecule has 1 aromatic heterocycles. The number of rotatable bonds is 6. The van der Waals surface area contributed by atoms with E-state index in [-0.39, 0.29) is 22.3 Å². The molecule has 2 aromatic rings. The molecule has 0 aliphatic heterocycles. The molecular weight excluding hydrogens is 389 g/mol. The van der Waals surface area contributed by atoms with Crippen molar-refractivity contribution in [3.05, 3.63) is 46.3 Å². The van der Waals surface area contributed by atoms with Crippen molar-refractivity contribution >= 4 is 29.0 Å². The van der Waals surface area contributed by atoms with Crippen LogP contribution in [0.4, 0.5) is 24.5 Å². The standard InChI is InChI=1S/C15H13F3N4O4S/c1-8(27-14-19-6-5-12(21-14)15(16,17)18)13(23)20-10-4-3-9(26-2)7-11(10)22(24)25/h3-8H,1-2H3,(H,20,23)/t8-/m1/s1. The van der Waals surface area contributed by atoms with Gasteiger partial charge in [0.25, 0.3) is 5.69 Å². The Kier molecular flexibility index (Phi) is 6.20. The Bertz CT molecular complexity index is 863. The zero-order chi connectivity index (χ0) is 20.2. The fourth-order valence-electron chi connectivity index (χ4n) is 1.90. The molecule has 0 bridgehead atoms. The summed E-state index contributed by atoms with van der Waals surface area (Å²) < 4.78 is 42.9. The minimum atomic E-state index is -4.63. The van der Waals surface area contributed by atoms with E-state index in [2.05, 4.69) is 15.3 Å². The first-order chi connectivity index (χ1) is 12.6. The van der Waals surface area contributed by atoms with Crippen LogP contribution in [0, 0.1) is 10.1 Å². The fourth-order valence-corrected chi connectivity index (χ4v) is 2.65. The average molecular weight is 402 g/mol. The first kappa shape index (κ1) is 20.4. The number of hydrogen-bond donors (Lipinski definition) is 1. The van der Waals surface area contributed by atoms with Crippen molar-refractivity contribution in [2.45, 2.75) is 23.5 Å². The zero-order valence-corrected chi connectivity index (χ0v) is 14.8. The number of nitrogens with one attached hydrogen (secondary N) is 1. The van der Waals surface area contributed by atoms with Crippen LogP contribution in [0.15, 0.2) is 35.6 Å². The molecule has 27 heavy (non-hydrogen) atoms. The molecule has 144 valence electrons. The number of thioether (sulfide) groups is 1. The highest BCUT2D eigenvalue weighted by molar-refractivity contribution is 8.00. The smallest absolute Gasteiger partial charge is 0.433 e. The van der Waals surface area contributed by atoms with Gasteiger partial charge in [-0.3, -0.25) is 14.9 Å². The molecule has 0 aliphatic carbocycles. The molecule has 1 aromatic carbocycles. The largest absolute Gasteiger partial charge is 0.496 e. The van der Waals surface area contributed by atoms with Crippen molar-refractivity contribution in [3.63, 3.8) is 0 Å². The number of benzene rings is 1. The number of hydrogen-bond acceptors (Lipinski definition) is 7. The third kappa shape index (κ3) is 5.29. The highest BCUT2D eigenvalue weighted by Gasteiger charge is 2.33. The summed E-state index contributed by atoms with van der Waals surface area (Å²) in [6, 6.07) is 4.59. The number of anilines is 1. The first-order valence-electron chi connectivity index (χ1n) is 7.32. The van der Waals surface area contributed by atoms with Crippen LogP contribution < -0.4 is 10.1 Å². The molecule has 0 unspecified atom stereocenters. The molecule has 1 amide bonds. The van der Waals surface area contributed by atoms with Gasteiger partial charge in [0.05, 0.1) is 23.3 Å². The van der Waals surface area contributed by atoms with Crippen LogP contribution in [0.25, 0.3) is 0 Å². The van der Waals surface area contributed by atoms with Gasteiger partial charge in [0.1, 0.15) is 17.1 Å². The molecule has 8 nitrogen and oxygen atoms in total. The van der Waals surface area contributed by atoms with Crippen molar-refractivity contribution in [3.8, 4) is 5.75 Å². The number of ether oxygens (including phenoxy) is 1. The maximum Gasteiger partial charge on any atom is 0.433 e. The van der Waals surface area contributed by atoms with Crippen molar-refractivity contribution < 1.29 is 27.6 Å². The van der Waals surface area contributed by atoms with E-state index < -0.39 is 28.0 Å². The average Bonchev–Trinajstić information content (AvgIpc) is 2.61. The van der Waals surface area contributed by atoms with Crippen LogP contribution in [0.5, 0.6) is 5.75 Å². The molecule has 1 heterocycles. The number of nitro groups is 1. The van der Waals surface area contributed by atoms with E-state index in [0.29, 0.717) is 11.8 Å². The number of nitro benzene ring substituents is 1. The highest BCUT2D eigenvalue weighted by Crippen LogP contribution is 2.31. The second-order valence-electron chi connectivity index (χ2n) is 5.11. The summed E-state index contributed by atoms with van der Waals surface area (Å²) in [7, 11) is 1.34. The van der Waals surface area contributed by atoms with E-state index in [0.717, 1.165) is 18.3 Å². The Hall–Kier alpha value is -2.89. The summed E-state index contributed by atoms with van der Waals surface area (Å²) in [5, 5.41) is 12.4. The lowest BCUT2D eigenvalue weighted by molar-refractivity contribution is -0.384. The molecule has 2 rings (SSSR count). The second kappa shape index (κ2) is 8.20. The molecule has 0 saturated heterocycles. The van der Waals surface area contributed by atoms with Crippen LogP contribution in [-0.2, 0) is 11.0 Å². The number of alkyl halides is 3. The van der Waals surface area contributed by atoms with Crippen LogP contribution in [0.2, 0.25) is 0 Å². The summed E-state index contributed by atoms with van der Waals surface area (Å²) in [4.78, 5) is 29.8. The van der Waals surface area contributed by atoms with Crippen LogP contribution in [0.1, 0.15) is 12.6 Å². The van der Waals surface area contributed by atoms with E-state index in [1.54, 1.807) is 0 Å². The molecule has 0 saturated carbocycles. The maximum atomic E-state index is 12.7. The Balaban J connectivity index is 2.14. The van der Waals surface area contributed by atoms with E-state index in [1.807, 2.05) is 0 Å². The summed E-state index contributed by atoms with van der Waals surface area (Å²) in [5.74, 6) is -0.422. The monoisotopic (exact) mass is 402 g/mol. The van der Waals surface area contributed by atoms with Crippen molar-refractivity contribution in [2.75, 3.05) is 12.4 Å². The Morgan fingerprint density at radius 2 is 2.07 bits per heavy atom. The number of nitrogens with zero attached hydrogens (tertiary/aromatic N) is 3. The normalized spacial score (nSPS) is 12.3. The van der Waals surface area contributed by atoms with E-state index in [1.165, 1.54) is 26.2 Å². The lowest BCUT2D eigenvalue weighted by atomic mass is 10.2. The number of halogens is 3. The summed E-state index contributed by atoms with van der Waals surface area (Å²) in [5.41, 5.74) is -1.57. The third-order valence-corrected chi connectivity index (χ3v) is 4.21. The van der Waals surface area contributed by atoms with Gasteiger partial charge >= 0.3 is 6.18 Å². The van der Waals surface area contributed by atoms with Gasteiger partial charge in [0, 0.05) is 6.20 Å². The van der Waals surface area contributed by atoms with Crippen LogP contribution >= 0.6 is 11.8 Å². The Morgan fingerprint density at radius 1 is 1.37 bits per heavy atom. The van der Waals surface area contributed by atoms with Gasteiger partial charge in [-0.15, -0.1) is 0 Å². The van der Waals surface area contributed by atoms with Crippen molar-refractivity contribution in [2.24, 2.45) is 0 Å². The van der Waals surface area contributed by atoms with Gasteiger partial charge in [-0.1, -0.05) is 11.8 Å². The van der Waals surface area contributed by atoms with E-state index in [4.69, 9.17) is 4.74 Å². The number of methoxy groups -OCH3 is 1. The maximum absolute atomic E-state index is 12.7. The minimum Gasteiger partial charge on any atom is -0.496 e. The lowest BCUT2D eigenvalue weighted by Crippen LogP contribution is -2.23. The lowest BCUT2D eigenvalue weighted by Gasteiger charge is -2.12. The molecule has 0 fully saturated rings. The fraction of sp³-hybridized carbons (Fsp3) is 0.267. The third-order valence-electron chi connectivity index (χ3n) is 3.23. The first-order valence-corrected chi connectivity index (χ1v) is 8.20. The van der Waals surface area contributed by atoms with E-state index >= 15 is 0 Å². The number of carbonyl (C=O) groups is 1. The van der Waals surface area contributed by atoms with Crippen molar-refractivity contribution in [1.29, 1.82) is 0 Å². The molecular formula is C15H13F3N4O4S. The topological polar surface area (TPSA) is 107 Å². The molecule has 0 spiro atoms. The second-order valence-corrected chi connectivity index (χ2v) is 6.42. The van der Waals surface area contributed by atoms with E-state index in [9.17, 15) is 28.1 Å². The number of amides is 1. The Labute approximate surface area is 155 Å². The van der Waals surface area contributed by atoms with Gasteiger partial charge < -0.3 is 10.1 Å². The van der Waals surface area contributed by atoms with Gasteiger partial charge in [-0.2, -0.15) is 13.2 Å². The van der Waals surface area contributed by atoms with Gasteiger partial charge in [-0.05, 0) is 25.1 Å². The Morgan fingerprint density at radius 3 is 2.67 bits per heavy atom. The summed E-state index contributed by atoms with van der Waals surface area (Å²) in [6.45, 7) is 1.42. The van der Waals surface area contributed by atoms with Gasteiger partial charge in [0.2, 0.25) is 5.91 Å². The SMILES string of the molecule is COc1ccc(NC(=O)[C@@H](C)Sc2nccc(C(F)(F)F)n2)c([N+](=O)[O-])c1. The summed E-state index contributed by atoms with van der Waals surface area (Å²) >= 11 is 0.694. The predicted molar refractivity (Wildman–Crippen MR) is 90.6 cm³/mol. The zero-order valence-electron chi connectivity index (χ0n) is 14.0. The molecule has 12 heteroatoms. The van der Waals surface area contributed by atoms with Crippen molar-refractivity contribution in [1.82, 2.24) is 9.97 Å². The molecule has 1 atom stereocenters. The summed E-state index contributed by atoms with van der Waals surface area (Å²) in [6.07, 6.45) is -3.69. The quantitative estimate of drug-likeness (QED) is 0.341. The van der Waals surface area contributed by atoms with Crippen LogP contribution in [0.3, 0.4) is 0 Å². The number of aromatic nitrogens is 2. The minimum absolute atomic E-state index is 0.0665.